The van der Waals surface area contributed by atoms with Crippen LogP contribution in [-0.4, -0.2) is 56.5 Å². The number of carbonyl (C=O) groups is 2. The maximum atomic E-state index is 12.7. The maximum absolute atomic E-state index is 12.7. The van der Waals surface area contributed by atoms with Gasteiger partial charge in [0.15, 0.2) is 5.78 Å². The molecule has 0 unspecified atom stereocenters. The smallest absolute Gasteiger partial charge is 0.243 e. The number of sulfonamides is 1. The molecule has 0 saturated carbocycles. The number of nitriles is 1. The van der Waals surface area contributed by atoms with Gasteiger partial charge in [-0.3, -0.25) is 9.59 Å². The second kappa shape index (κ2) is 11.9. The zero-order valence-corrected chi connectivity index (χ0v) is 21.7. The first-order valence-corrected chi connectivity index (χ1v) is 13.8. The first-order valence-electron chi connectivity index (χ1n) is 11.4. The molecule has 188 valence electrons. The molecule has 11 heteroatoms. The molecule has 1 aromatic carbocycles. The molecule has 1 aromatic rings. The van der Waals surface area contributed by atoms with Gasteiger partial charge in [0.25, 0.3) is 0 Å². The summed E-state index contributed by atoms with van der Waals surface area (Å²) in [4.78, 5) is 24.9. The molecule has 2 heterocycles. The Kier molecular flexibility index (Phi) is 9.13. The molecule has 2 N–H and O–H groups in total. The molecule has 0 spiro atoms. The molecule has 0 radical (unpaired) electrons. The zero-order chi connectivity index (χ0) is 25.6. The van der Waals surface area contributed by atoms with E-state index in [1.807, 2.05) is 6.92 Å². The second-order valence-corrected chi connectivity index (χ2v) is 11.2. The van der Waals surface area contributed by atoms with Crippen LogP contribution in [-0.2, 0) is 24.3 Å². The third-order valence-corrected chi connectivity index (χ3v) is 8.75. The summed E-state index contributed by atoms with van der Waals surface area (Å²) in [7, 11) is -3.60. The van der Waals surface area contributed by atoms with Gasteiger partial charge in [0.2, 0.25) is 15.9 Å². The summed E-state index contributed by atoms with van der Waals surface area (Å²) in [6, 6.07) is 8.27. The number of ether oxygens (including phenoxy) is 1. The molecule has 0 aliphatic carbocycles. The SMILES string of the molecule is CCC[C@@H]1C(C#N)=C(SCC(=O)Nc2ccc(S(=O)(=O)N3CCOCC3)cc2)NC(C)=C1C(C)=O. The highest BCUT2D eigenvalue weighted by Gasteiger charge is 2.31. The number of Topliss-reactive ketones (excluding diaryl/α,β-unsaturated/α-hetero) is 1. The molecule has 3 rings (SSSR count). The molecule has 1 amide bonds. The summed E-state index contributed by atoms with van der Waals surface area (Å²) in [5, 5.41) is 16.2. The third kappa shape index (κ3) is 6.32. The van der Waals surface area contributed by atoms with E-state index in [0.717, 1.165) is 6.42 Å². The van der Waals surface area contributed by atoms with Crippen molar-refractivity contribution in [3.63, 3.8) is 0 Å². The highest BCUT2D eigenvalue weighted by molar-refractivity contribution is 8.03. The number of allylic oxidation sites excluding steroid dienone is 3. The van der Waals surface area contributed by atoms with Gasteiger partial charge in [-0.05, 0) is 44.5 Å². The van der Waals surface area contributed by atoms with Gasteiger partial charge in [0.1, 0.15) is 0 Å². The molecular formula is C24H30N4O5S2. The highest BCUT2D eigenvalue weighted by Crippen LogP contribution is 2.36. The molecule has 1 saturated heterocycles. The number of benzene rings is 1. The van der Waals surface area contributed by atoms with Crippen molar-refractivity contribution in [1.82, 2.24) is 9.62 Å². The van der Waals surface area contributed by atoms with Crippen LogP contribution in [0.25, 0.3) is 0 Å². The number of thioether (sulfide) groups is 1. The van der Waals surface area contributed by atoms with Gasteiger partial charge in [-0.2, -0.15) is 9.57 Å². The van der Waals surface area contributed by atoms with Crippen molar-refractivity contribution >= 4 is 39.2 Å². The van der Waals surface area contributed by atoms with E-state index in [1.54, 1.807) is 19.1 Å². The van der Waals surface area contributed by atoms with Crippen LogP contribution >= 0.6 is 11.8 Å². The van der Waals surface area contributed by atoms with Crippen LogP contribution in [0.15, 0.2) is 51.0 Å². The summed E-state index contributed by atoms with van der Waals surface area (Å²) >= 11 is 1.20. The summed E-state index contributed by atoms with van der Waals surface area (Å²) in [5.74, 6) is -0.600. The number of nitrogens with one attached hydrogen (secondary N) is 2. The lowest BCUT2D eigenvalue weighted by atomic mass is 9.83. The van der Waals surface area contributed by atoms with E-state index in [0.29, 0.717) is 60.3 Å². The first-order chi connectivity index (χ1) is 16.7. The summed E-state index contributed by atoms with van der Waals surface area (Å²) in [5.41, 5.74) is 2.26. The Morgan fingerprint density at radius 2 is 1.91 bits per heavy atom. The fourth-order valence-electron chi connectivity index (χ4n) is 4.18. The molecule has 35 heavy (non-hydrogen) atoms. The van der Waals surface area contributed by atoms with Crippen LogP contribution in [0.1, 0.15) is 33.6 Å². The first kappa shape index (κ1) is 26.9. The second-order valence-electron chi connectivity index (χ2n) is 8.29. The van der Waals surface area contributed by atoms with Gasteiger partial charge in [-0.15, -0.1) is 0 Å². The van der Waals surface area contributed by atoms with Gasteiger partial charge >= 0.3 is 0 Å². The third-order valence-electron chi connectivity index (χ3n) is 5.82. The van der Waals surface area contributed by atoms with Crippen molar-refractivity contribution in [2.45, 2.75) is 38.5 Å². The number of anilines is 1. The van der Waals surface area contributed by atoms with Gasteiger partial charge in [-0.1, -0.05) is 25.1 Å². The van der Waals surface area contributed by atoms with Crippen LogP contribution in [0.5, 0.6) is 0 Å². The highest BCUT2D eigenvalue weighted by atomic mass is 32.2. The van der Waals surface area contributed by atoms with Gasteiger partial charge in [-0.25, -0.2) is 8.42 Å². The van der Waals surface area contributed by atoms with E-state index in [2.05, 4.69) is 16.7 Å². The van der Waals surface area contributed by atoms with Gasteiger partial charge in [0, 0.05) is 36.0 Å². The largest absolute Gasteiger partial charge is 0.379 e. The lowest BCUT2D eigenvalue weighted by Gasteiger charge is -2.28. The minimum absolute atomic E-state index is 0.0445. The zero-order valence-electron chi connectivity index (χ0n) is 20.1. The Hall–Kier alpha value is -2.65. The number of hydrogen-bond donors (Lipinski definition) is 2. The van der Waals surface area contributed by atoms with E-state index < -0.39 is 10.0 Å². The van der Waals surface area contributed by atoms with Crippen LogP contribution in [0.2, 0.25) is 0 Å². The minimum Gasteiger partial charge on any atom is -0.379 e. The van der Waals surface area contributed by atoms with E-state index in [4.69, 9.17) is 4.74 Å². The molecule has 1 fully saturated rings. The molecule has 0 bridgehead atoms. The summed E-state index contributed by atoms with van der Waals surface area (Å²) < 4.78 is 32.1. The molecule has 9 nitrogen and oxygen atoms in total. The average molecular weight is 519 g/mol. The fraction of sp³-hybridized carbons (Fsp3) is 0.458. The number of dihydropyridines is 1. The van der Waals surface area contributed by atoms with E-state index in [9.17, 15) is 23.3 Å². The number of hydrogen-bond acceptors (Lipinski definition) is 8. The van der Waals surface area contributed by atoms with Crippen molar-refractivity contribution < 1.29 is 22.7 Å². The number of carbonyl (C=O) groups excluding carboxylic acids is 2. The van der Waals surface area contributed by atoms with Gasteiger partial charge in [0.05, 0.1) is 40.5 Å². The predicted octanol–water partition coefficient (Wildman–Crippen LogP) is 3.00. The number of rotatable bonds is 9. The lowest BCUT2D eigenvalue weighted by molar-refractivity contribution is -0.114. The number of morpholine rings is 1. The van der Waals surface area contributed by atoms with Crippen LogP contribution in [0.3, 0.4) is 0 Å². The number of nitrogens with zero attached hydrogens (tertiary/aromatic N) is 2. The Balaban J connectivity index is 1.65. The Morgan fingerprint density at radius 1 is 1.26 bits per heavy atom. The standard InChI is InChI=1S/C24H30N4O5S2/c1-4-5-20-21(14-25)24(26-16(2)23(20)17(3)29)34-15-22(30)27-18-6-8-19(9-7-18)35(31,32)28-10-12-33-13-11-28/h6-9,20,26H,4-5,10-13,15H2,1-3H3,(H,27,30)/t20-/m1/s1. The minimum atomic E-state index is -3.60. The van der Waals surface area contributed by atoms with Crippen LogP contribution < -0.4 is 10.6 Å². The fourth-order valence-corrected chi connectivity index (χ4v) is 6.50. The van der Waals surface area contributed by atoms with Crippen molar-refractivity contribution in [3.05, 3.63) is 46.1 Å². The molecule has 2 aliphatic heterocycles. The summed E-state index contributed by atoms with van der Waals surface area (Å²) in [6.07, 6.45) is 1.49. The quantitative estimate of drug-likeness (QED) is 0.511. The average Bonchev–Trinajstić information content (AvgIpc) is 2.83. The Labute approximate surface area is 210 Å². The van der Waals surface area contributed by atoms with Crippen LogP contribution in [0.4, 0.5) is 5.69 Å². The molecule has 0 aromatic heterocycles. The molecule has 2 aliphatic rings. The number of amides is 1. The Bertz CT molecular complexity index is 1180. The number of ketones is 1. The van der Waals surface area contributed by atoms with Crippen molar-refractivity contribution in [3.8, 4) is 6.07 Å². The van der Waals surface area contributed by atoms with Crippen molar-refractivity contribution in [1.29, 1.82) is 5.26 Å². The maximum Gasteiger partial charge on any atom is 0.243 e. The normalized spacial score (nSPS) is 19.2. The predicted molar refractivity (Wildman–Crippen MR) is 135 cm³/mol. The summed E-state index contributed by atoms with van der Waals surface area (Å²) in [6.45, 7) is 6.68. The van der Waals surface area contributed by atoms with Crippen molar-refractivity contribution in [2.75, 3.05) is 37.4 Å². The molecule has 1 atom stereocenters. The molecular weight excluding hydrogens is 488 g/mol. The van der Waals surface area contributed by atoms with Crippen molar-refractivity contribution in [2.24, 2.45) is 5.92 Å². The topological polar surface area (TPSA) is 129 Å². The van der Waals surface area contributed by atoms with E-state index in [-0.39, 0.29) is 28.3 Å². The monoisotopic (exact) mass is 518 g/mol. The van der Waals surface area contributed by atoms with E-state index >= 15 is 0 Å². The lowest BCUT2D eigenvalue weighted by Crippen LogP contribution is -2.40. The van der Waals surface area contributed by atoms with Crippen LogP contribution in [0, 0.1) is 17.2 Å². The van der Waals surface area contributed by atoms with E-state index in [1.165, 1.54) is 35.1 Å². The Morgan fingerprint density at radius 3 is 2.49 bits per heavy atom. The van der Waals surface area contributed by atoms with Gasteiger partial charge < -0.3 is 15.4 Å².